The Balaban J connectivity index is 2.33. The topological polar surface area (TPSA) is 81.6 Å². The molecular formula is C14H21N3O2. The quantitative estimate of drug-likeness (QED) is 0.807. The Morgan fingerprint density at radius 2 is 2.26 bits per heavy atom. The lowest BCUT2D eigenvalue weighted by Gasteiger charge is -2.36. The van der Waals surface area contributed by atoms with E-state index in [1.165, 1.54) is 0 Å². The standard InChI is InChI=1S/C14H21N3O2/c1-2-19-12-8-5-7-10(13(12)15)17-9-4-3-6-11(17)14(16)18/h5,7-8,11H,2-4,6,9,15H2,1H3,(H2,16,18). The summed E-state index contributed by atoms with van der Waals surface area (Å²) in [6.45, 7) is 3.28. The lowest BCUT2D eigenvalue weighted by Crippen LogP contribution is -2.48. The van der Waals surface area contributed by atoms with Gasteiger partial charge in [0.05, 0.1) is 18.0 Å². The molecule has 104 valence electrons. The van der Waals surface area contributed by atoms with Crippen LogP contribution in [0.15, 0.2) is 18.2 Å². The first-order chi connectivity index (χ1) is 9.15. The van der Waals surface area contributed by atoms with Crippen molar-refractivity contribution in [3.8, 4) is 5.75 Å². The van der Waals surface area contributed by atoms with Gasteiger partial charge in [-0.25, -0.2) is 0 Å². The molecule has 0 aromatic heterocycles. The minimum Gasteiger partial charge on any atom is -0.492 e. The number of carbonyl (C=O) groups is 1. The number of ether oxygens (including phenoxy) is 1. The maximum absolute atomic E-state index is 11.6. The van der Waals surface area contributed by atoms with E-state index in [1.807, 2.05) is 30.0 Å². The van der Waals surface area contributed by atoms with Crippen molar-refractivity contribution in [2.45, 2.75) is 32.2 Å². The molecule has 1 aliphatic rings. The SMILES string of the molecule is CCOc1cccc(N2CCCCC2C(N)=O)c1N. The van der Waals surface area contributed by atoms with Crippen LogP contribution in [0.25, 0.3) is 0 Å². The summed E-state index contributed by atoms with van der Waals surface area (Å²) < 4.78 is 5.50. The second-order valence-corrected chi connectivity index (χ2v) is 4.73. The summed E-state index contributed by atoms with van der Waals surface area (Å²) >= 11 is 0. The summed E-state index contributed by atoms with van der Waals surface area (Å²) in [5.74, 6) is 0.370. The molecule has 0 saturated carbocycles. The first-order valence-corrected chi connectivity index (χ1v) is 6.72. The van der Waals surface area contributed by atoms with Crippen LogP contribution >= 0.6 is 0 Å². The summed E-state index contributed by atoms with van der Waals surface area (Å²) in [4.78, 5) is 13.6. The van der Waals surface area contributed by atoms with Crippen molar-refractivity contribution in [3.05, 3.63) is 18.2 Å². The fourth-order valence-electron chi connectivity index (χ4n) is 2.58. The molecule has 1 heterocycles. The number of nitrogens with zero attached hydrogens (tertiary/aromatic N) is 1. The van der Waals surface area contributed by atoms with Crippen LogP contribution in [0.1, 0.15) is 26.2 Å². The molecule has 1 unspecified atom stereocenters. The largest absolute Gasteiger partial charge is 0.492 e. The van der Waals surface area contributed by atoms with Crippen LogP contribution in [0, 0.1) is 0 Å². The van der Waals surface area contributed by atoms with E-state index in [4.69, 9.17) is 16.2 Å². The maximum Gasteiger partial charge on any atom is 0.240 e. The Morgan fingerprint density at radius 3 is 2.95 bits per heavy atom. The van der Waals surface area contributed by atoms with Crippen molar-refractivity contribution < 1.29 is 9.53 Å². The van der Waals surface area contributed by atoms with Crippen molar-refractivity contribution in [1.29, 1.82) is 0 Å². The number of para-hydroxylation sites is 1. The molecular weight excluding hydrogens is 242 g/mol. The summed E-state index contributed by atoms with van der Waals surface area (Å²) in [6, 6.07) is 5.38. The highest BCUT2D eigenvalue weighted by Crippen LogP contribution is 2.35. The van der Waals surface area contributed by atoms with E-state index in [2.05, 4.69) is 0 Å². The van der Waals surface area contributed by atoms with Crippen LogP contribution in [-0.2, 0) is 4.79 Å². The van der Waals surface area contributed by atoms with E-state index >= 15 is 0 Å². The minimum absolute atomic E-state index is 0.270. The summed E-state index contributed by atoms with van der Waals surface area (Å²) in [7, 11) is 0. The van der Waals surface area contributed by atoms with Gasteiger partial charge in [-0.05, 0) is 38.3 Å². The third-order valence-corrected chi connectivity index (χ3v) is 3.48. The average molecular weight is 263 g/mol. The molecule has 1 atom stereocenters. The number of rotatable bonds is 4. The van der Waals surface area contributed by atoms with Crippen LogP contribution < -0.4 is 21.1 Å². The second-order valence-electron chi connectivity index (χ2n) is 4.73. The van der Waals surface area contributed by atoms with E-state index in [0.29, 0.717) is 18.0 Å². The van der Waals surface area contributed by atoms with Gasteiger partial charge in [0.25, 0.3) is 0 Å². The van der Waals surface area contributed by atoms with Crippen molar-refractivity contribution in [2.24, 2.45) is 5.73 Å². The van der Waals surface area contributed by atoms with Gasteiger partial charge in [-0.2, -0.15) is 0 Å². The van der Waals surface area contributed by atoms with Gasteiger partial charge < -0.3 is 21.1 Å². The normalized spacial score (nSPS) is 19.2. The molecule has 0 radical (unpaired) electrons. The first-order valence-electron chi connectivity index (χ1n) is 6.72. The van der Waals surface area contributed by atoms with Gasteiger partial charge in [-0.3, -0.25) is 4.79 Å². The highest BCUT2D eigenvalue weighted by Gasteiger charge is 2.28. The molecule has 0 spiro atoms. The van der Waals surface area contributed by atoms with E-state index in [-0.39, 0.29) is 11.9 Å². The number of anilines is 2. The Kier molecular flexibility index (Phi) is 4.14. The zero-order chi connectivity index (χ0) is 13.8. The van der Waals surface area contributed by atoms with Crippen LogP contribution in [0.5, 0.6) is 5.75 Å². The minimum atomic E-state index is -0.291. The zero-order valence-corrected chi connectivity index (χ0v) is 11.3. The fraction of sp³-hybridized carbons (Fsp3) is 0.500. The molecule has 1 amide bonds. The van der Waals surface area contributed by atoms with Gasteiger partial charge in [0.1, 0.15) is 11.8 Å². The predicted molar refractivity (Wildman–Crippen MR) is 76.2 cm³/mol. The number of primary amides is 1. The van der Waals surface area contributed by atoms with Gasteiger partial charge in [0.2, 0.25) is 5.91 Å². The Labute approximate surface area is 113 Å². The number of amides is 1. The molecule has 5 heteroatoms. The highest BCUT2D eigenvalue weighted by molar-refractivity contribution is 5.86. The van der Waals surface area contributed by atoms with Gasteiger partial charge in [-0.1, -0.05) is 6.07 Å². The zero-order valence-electron chi connectivity index (χ0n) is 11.3. The molecule has 0 aliphatic carbocycles. The maximum atomic E-state index is 11.6. The van der Waals surface area contributed by atoms with Gasteiger partial charge in [0, 0.05) is 6.54 Å². The number of piperidine rings is 1. The number of nitrogens with two attached hydrogens (primary N) is 2. The Morgan fingerprint density at radius 1 is 1.47 bits per heavy atom. The summed E-state index contributed by atoms with van der Waals surface area (Å²) in [6.07, 6.45) is 2.85. The number of hydrogen-bond acceptors (Lipinski definition) is 4. The molecule has 1 aromatic carbocycles. The molecule has 19 heavy (non-hydrogen) atoms. The van der Waals surface area contributed by atoms with Crippen molar-refractivity contribution >= 4 is 17.3 Å². The third kappa shape index (κ3) is 2.75. The van der Waals surface area contributed by atoms with Crippen molar-refractivity contribution in [1.82, 2.24) is 0 Å². The number of nitrogen functional groups attached to an aromatic ring is 1. The predicted octanol–water partition coefficient (Wildman–Crippen LogP) is 1.51. The molecule has 0 bridgehead atoms. The summed E-state index contributed by atoms with van der Waals surface area (Å²) in [5, 5.41) is 0. The lowest BCUT2D eigenvalue weighted by atomic mass is 10.00. The molecule has 1 saturated heterocycles. The summed E-state index contributed by atoms with van der Waals surface area (Å²) in [5.41, 5.74) is 13.1. The van der Waals surface area contributed by atoms with Crippen LogP contribution in [0.2, 0.25) is 0 Å². The highest BCUT2D eigenvalue weighted by atomic mass is 16.5. The van der Waals surface area contributed by atoms with Crippen LogP contribution in [-0.4, -0.2) is 25.1 Å². The van der Waals surface area contributed by atoms with Crippen LogP contribution in [0.4, 0.5) is 11.4 Å². The fourth-order valence-corrected chi connectivity index (χ4v) is 2.58. The third-order valence-electron chi connectivity index (χ3n) is 3.48. The number of hydrogen-bond donors (Lipinski definition) is 2. The van der Waals surface area contributed by atoms with Crippen molar-refractivity contribution in [3.63, 3.8) is 0 Å². The first kappa shape index (κ1) is 13.5. The lowest BCUT2D eigenvalue weighted by molar-refractivity contribution is -0.119. The van der Waals surface area contributed by atoms with Gasteiger partial charge in [-0.15, -0.1) is 0 Å². The monoisotopic (exact) mass is 263 g/mol. The Bertz CT molecular complexity index is 462. The molecule has 1 aliphatic heterocycles. The van der Waals surface area contributed by atoms with E-state index in [9.17, 15) is 4.79 Å². The average Bonchev–Trinajstić information content (AvgIpc) is 2.41. The Hall–Kier alpha value is -1.91. The smallest absolute Gasteiger partial charge is 0.240 e. The number of carbonyl (C=O) groups excluding carboxylic acids is 1. The van der Waals surface area contributed by atoms with Crippen LogP contribution in [0.3, 0.4) is 0 Å². The van der Waals surface area contributed by atoms with Gasteiger partial charge >= 0.3 is 0 Å². The molecule has 5 nitrogen and oxygen atoms in total. The van der Waals surface area contributed by atoms with E-state index in [1.54, 1.807) is 0 Å². The second kappa shape index (κ2) is 5.82. The van der Waals surface area contributed by atoms with Crippen molar-refractivity contribution in [2.75, 3.05) is 23.8 Å². The van der Waals surface area contributed by atoms with E-state index < -0.39 is 0 Å². The van der Waals surface area contributed by atoms with E-state index in [0.717, 1.165) is 31.5 Å². The molecule has 1 fully saturated rings. The molecule has 4 N–H and O–H groups in total. The molecule has 1 aromatic rings. The molecule has 2 rings (SSSR count). The van der Waals surface area contributed by atoms with Gasteiger partial charge in [0.15, 0.2) is 0 Å². The number of benzene rings is 1.